The minimum absolute atomic E-state index is 0.275. The number of ether oxygens (including phenoxy) is 1. The lowest BCUT2D eigenvalue weighted by atomic mass is 10.1. The molecule has 0 spiro atoms. The van der Waals surface area contributed by atoms with Crippen LogP contribution in [0.2, 0.25) is 0 Å². The number of hydrogen-bond donors (Lipinski definition) is 2. The maximum Gasteiger partial charge on any atom is 0.298 e. The van der Waals surface area contributed by atoms with Gasteiger partial charge in [-0.3, -0.25) is 14.0 Å². The number of anilines is 2. The lowest BCUT2D eigenvalue weighted by Gasteiger charge is -2.21. The smallest absolute Gasteiger partial charge is 0.298 e. The quantitative estimate of drug-likeness (QED) is 0.403. The molecule has 0 aliphatic heterocycles. The molecule has 10 nitrogen and oxygen atoms in total. The first-order valence-electron chi connectivity index (χ1n) is 11.1. The van der Waals surface area contributed by atoms with Crippen molar-refractivity contribution in [1.29, 1.82) is 0 Å². The highest BCUT2D eigenvalue weighted by molar-refractivity contribution is 6.06. The van der Waals surface area contributed by atoms with E-state index in [0.29, 0.717) is 39.7 Å². The van der Waals surface area contributed by atoms with Crippen LogP contribution in [0.5, 0.6) is 5.75 Å². The highest BCUT2D eigenvalue weighted by Gasteiger charge is 2.25. The van der Waals surface area contributed by atoms with Crippen molar-refractivity contribution in [1.82, 2.24) is 24.3 Å². The zero-order chi connectivity index (χ0) is 25.8. The Hall–Kier alpha value is -4.91. The molecule has 2 amide bonds. The average molecular weight is 484 g/mol. The largest absolute Gasteiger partial charge is 0.496 e. The van der Waals surface area contributed by atoms with Crippen LogP contribution in [0.1, 0.15) is 36.1 Å². The molecule has 4 aromatic rings. The van der Waals surface area contributed by atoms with E-state index in [4.69, 9.17) is 15.5 Å². The number of fused-ring (bicyclic) bond motifs is 1. The molecule has 0 aliphatic carbocycles. The molecule has 3 heterocycles. The van der Waals surface area contributed by atoms with Gasteiger partial charge in [-0.25, -0.2) is 15.0 Å². The van der Waals surface area contributed by atoms with Crippen molar-refractivity contribution in [2.45, 2.75) is 19.9 Å². The molecule has 1 atom stereocenters. The van der Waals surface area contributed by atoms with Gasteiger partial charge in [0.1, 0.15) is 34.4 Å². The predicted molar refractivity (Wildman–Crippen MR) is 136 cm³/mol. The predicted octanol–water partition coefficient (Wildman–Crippen LogP) is 3.18. The summed E-state index contributed by atoms with van der Waals surface area (Å²) in [5.41, 5.74) is 8.37. The number of nitrogens with one attached hydrogen (secondary N) is 1. The first-order chi connectivity index (χ1) is 17.3. The van der Waals surface area contributed by atoms with E-state index in [-0.39, 0.29) is 17.6 Å². The number of benzene rings is 1. The van der Waals surface area contributed by atoms with Crippen LogP contribution < -0.4 is 15.8 Å². The number of rotatable bonds is 6. The Morgan fingerprint density at radius 1 is 1.19 bits per heavy atom. The summed E-state index contributed by atoms with van der Waals surface area (Å²) in [6.07, 6.45) is 4.91. The van der Waals surface area contributed by atoms with Gasteiger partial charge in [0.15, 0.2) is 0 Å². The number of carbonyl (C=O) groups is 2. The molecule has 0 saturated heterocycles. The van der Waals surface area contributed by atoms with Crippen molar-refractivity contribution >= 4 is 29.0 Å². The highest BCUT2D eigenvalue weighted by Crippen LogP contribution is 2.34. The monoisotopic (exact) mass is 483 g/mol. The minimum atomic E-state index is -0.410. The Kier molecular flexibility index (Phi) is 6.83. The molecule has 10 heteroatoms. The number of nitrogens with two attached hydrogens (primary N) is 1. The van der Waals surface area contributed by atoms with Gasteiger partial charge in [0.05, 0.1) is 18.7 Å². The summed E-state index contributed by atoms with van der Waals surface area (Å²) in [6, 6.07) is 9.96. The summed E-state index contributed by atoms with van der Waals surface area (Å²) in [6.45, 7) is 3.47. The maximum atomic E-state index is 12.9. The van der Waals surface area contributed by atoms with Gasteiger partial charge in [0.25, 0.3) is 11.8 Å². The minimum Gasteiger partial charge on any atom is -0.496 e. The molecule has 36 heavy (non-hydrogen) atoms. The number of carbonyl (C=O) groups excluding carboxylic acids is 2. The van der Waals surface area contributed by atoms with Crippen molar-refractivity contribution < 1.29 is 14.3 Å². The number of pyridine rings is 1. The van der Waals surface area contributed by atoms with Gasteiger partial charge in [-0.15, -0.1) is 0 Å². The molecule has 0 saturated carbocycles. The Bertz CT molecular complexity index is 1500. The molecule has 4 rings (SSSR count). The first-order valence-corrected chi connectivity index (χ1v) is 11.1. The summed E-state index contributed by atoms with van der Waals surface area (Å²) in [4.78, 5) is 39.9. The topological polar surface area (TPSA) is 128 Å². The Labute approximate surface area is 208 Å². The molecule has 0 bridgehead atoms. The van der Waals surface area contributed by atoms with Gasteiger partial charge in [-0.05, 0) is 44.0 Å². The van der Waals surface area contributed by atoms with E-state index in [2.05, 4.69) is 27.1 Å². The molecule has 1 unspecified atom stereocenters. The number of methoxy groups -OCH3 is 1. The van der Waals surface area contributed by atoms with Crippen LogP contribution in [0, 0.1) is 11.8 Å². The lowest BCUT2D eigenvalue weighted by molar-refractivity contribution is -0.125. The van der Waals surface area contributed by atoms with Crippen LogP contribution in [0.15, 0.2) is 55.0 Å². The van der Waals surface area contributed by atoms with E-state index in [1.54, 1.807) is 73.4 Å². The Morgan fingerprint density at radius 3 is 2.69 bits per heavy atom. The average Bonchev–Trinajstić information content (AvgIpc) is 3.29. The van der Waals surface area contributed by atoms with Gasteiger partial charge in [-0.2, -0.15) is 0 Å². The number of nitrogens with zero attached hydrogens (tertiary/aromatic N) is 5. The summed E-state index contributed by atoms with van der Waals surface area (Å²) >= 11 is 0. The molecule has 0 radical (unpaired) electrons. The SMILES string of the molecule is CC#CC(=O)N(C)C(C)c1nc(-c2ccc(C(=O)Nc3ccccn3)c(OC)c2)c2c(N)nccn12. The summed E-state index contributed by atoms with van der Waals surface area (Å²) < 4.78 is 7.33. The van der Waals surface area contributed by atoms with Crippen LogP contribution in [-0.2, 0) is 4.79 Å². The third-order valence-corrected chi connectivity index (χ3v) is 5.74. The van der Waals surface area contributed by atoms with Crippen LogP contribution in [0.4, 0.5) is 11.6 Å². The van der Waals surface area contributed by atoms with Gasteiger partial charge in [-0.1, -0.05) is 18.1 Å². The van der Waals surface area contributed by atoms with E-state index >= 15 is 0 Å². The third kappa shape index (κ3) is 4.54. The van der Waals surface area contributed by atoms with E-state index in [0.717, 1.165) is 0 Å². The second-order valence-corrected chi connectivity index (χ2v) is 7.90. The zero-order valence-corrected chi connectivity index (χ0v) is 20.3. The van der Waals surface area contributed by atoms with E-state index in [9.17, 15) is 9.59 Å². The van der Waals surface area contributed by atoms with E-state index in [1.807, 2.05) is 6.92 Å². The molecule has 0 aliphatic rings. The van der Waals surface area contributed by atoms with Gasteiger partial charge in [0.2, 0.25) is 0 Å². The second-order valence-electron chi connectivity index (χ2n) is 7.90. The van der Waals surface area contributed by atoms with Gasteiger partial charge in [0, 0.05) is 31.2 Å². The van der Waals surface area contributed by atoms with Crippen molar-refractivity contribution in [3.63, 3.8) is 0 Å². The van der Waals surface area contributed by atoms with Crippen LogP contribution in [-0.4, -0.2) is 50.2 Å². The van der Waals surface area contributed by atoms with Crippen LogP contribution >= 0.6 is 0 Å². The molecule has 182 valence electrons. The summed E-state index contributed by atoms with van der Waals surface area (Å²) in [5, 5.41) is 2.76. The van der Waals surface area contributed by atoms with Crippen molar-refractivity contribution in [3.05, 3.63) is 66.4 Å². The molecule has 1 aromatic carbocycles. The molecular formula is C26H25N7O3. The normalized spacial score (nSPS) is 11.3. The Balaban J connectivity index is 1.77. The van der Waals surface area contributed by atoms with Gasteiger partial charge >= 0.3 is 0 Å². The van der Waals surface area contributed by atoms with Crippen molar-refractivity contribution in [2.24, 2.45) is 0 Å². The summed E-state index contributed by atoms with van der Waals surface area (Å²) in [7, 11) is 3.15. The van der Waals surface area contributed by atoms with Gasteiger partial charge < -0.3 is 20.7 Å². The van der Waals surface area contributed by atoms with Crippen molar-refractivity contribution in [2.75, 3.05) is 25.2 Å². The molecule has 3 aromatic heterocycles. The van der Waals surface area contributed by atoms with Crippen LogP contribution in [0.3, 0.4) is 0 Å². The highest BCUT2D eigenvalue weighted by atomic mass is 16.5. The second kappa shape index (κ2) is 10.1. The zero-order valence-electron chi connectivity index (χ0n) is 20.3. The number of nitrogen functional groups attached to an aromatic ring is 1. The maximum absolute atomic E-state index is 12.9. The van der Waals surface area contributed by atoms with Crippen LogP contribution in [0.25, 0.3) is 16.8 Å². The third-order valence-electron chi connectivity index (χ3n) is 5.74. The number of imidazole rings is 1. The molecule has 3 N–H and O–H groups in total. The number of aromatic nitrogens is 4. The summed E-state index contributed by atoms with van der Waals surface area (Å²) in [5.74, 6) is 6.12. The lowest BCUT2D eigenvalue weighted by Crippen LogP contribution is -2.29. The van der Waals surface area contributed by atoms with E-state index in [1.165, 1.54) is 12.0 Å². The van der Waals surface area contributed by atoms with E-state index < -0.39 is 6.04 Å². The number of amides is 2. The fourth-order valence-electron chi connectivity index (χ4n) is 3.77. The fraction of sp³-hybridized carbons (Fsp3) is 0.192. The van der Waals surface area contributed by atoms with Crippen molar-refractivity contribution in [3.8, 4) is 28.8 Å². The standard InChI is InChI=1S/C26H25N7O3/c1-5-8-21(34)32(3)16(2)25-31-22(23-24(27)29-13-14-33(23)25)17-10-11-18(19(15-17)36-4)26(35)30-20-9-6-7-12-28-20/h6-7,9-16H,1-4H3,(H2,27,29)(H,28,30,35). The molecule has 0 fully saturated rings. The fourth-order valence-corrected chi connectivity index (χ4v) is 3.77. The number of hydrogen-bond acceptors (Lipinski definition) is 7. The molecular weight excluding hydrogens is 458 g/mol. The first kappa shape index (κ1) is 24.2. The Morgan fingerprint density at radius 2 is 2.00 bits per heavy atom.